The van der Waals surface area contributed by atoms with E-state index in [0.717, 1.165) is 53.4 Å². The average molecular weight is 502 g/mol. The van der Waals surface area contributed by atoms with Crippen LogP contribution in [-0.2, 0) is 13.2 Å². The first-order valence-corrected chi connectivity index (χ1v) is 11.5. The van der Waals surface area contributed by atoms with E-state index in [-0.39, 0.29) is 0 Å². The molecule has 0 atom stereocenters. The van der Waals surface area contributed by atoms with Gasteiger partial charge in [-0.2, -0.15) is 0 Å². The lowest BCUT2D eigenvalue weighted by Crippen LogP contribution is -2.33. The summed E-state index contributed by atoms with van der Waals surface area (Å²) in [4.78, 5) is 0. The second kappa shape index (κ2) is 11.4. The third-order valence-corrected chi connectivity index (χ3v) is 6.29. The van der Waals surface area contributed by atoms with Crippen LogP contribution < -0.4 is 20.1 Å². The van der Waals surface area contributed by atoms with Crippen LogP contribution in [-0.4, -0.2) is 26.2 Å². The van der Waals surface area contributed by atoms with Crippen molar-refractivity contribution in [1.82, 2.24) is 10.6 Å². The Kier molecular flexibility index (Phi) is 8.94. The second-order valence-electron chi connectivity index (χ2n) is 7.20. The Hall–Kier alpha value is -0.980. The first-order chi connectivity index (χ1) is 14.1. The molecule has 1 saturated heterocycles. The van der Waals surface area contributed by atoms with Gasteiger partial charge in [-0.25, -0.2) is 0 Å². The summed E-state index contributed by atoms with van der Waals surface area (Å²) >= 11 is 15.7. The van der Waals surface area contributed by atoms with Gasteiger partial charge in [0.25, 0.3) is 0 Å². The lowest BCUT2D eigenvalue weighted by atomic mass is 9.98. The van der Waals surface area contributed by atoms with Crippen LogP contribution in [0.25, 0.3) is 0 Å². The van der Waals surface area contributed by atoms with Gasteiger partial charge in [0.1, 0.15) is 6.61 Å². The maximum atomic E-state index is 6.10. The van der Waals surface area contributed by atoms with Crippen molar-refractivity contribution in [1.29, 1.82) is 0 Å². The zero-order chi connectivity index (χ0) is 20.6. The Morgan fingerprint density at radius 1 is 1.07 bits per heavy atom. The molecule has 0 unspecified atom stereocenters. The molecule has 29 heavy (non-hydrogen) atoms. The van der Waals surface area contributed by atoms with Gasteiger partial charge in [-0.1, -0.05) is 29.3 Å². The molecule has 2 aromatic carbocycles. The Bertz CT molecular complexity index is 814. The Balaban J connectivity index is 1.64. The van der Waals surface area contributed by atoms with Crippen molar-refractivity contribution < 1.29 is 9.47 Å². The first-order valence-electron chi connectivity index (χ1n) is 10.00. The summed E-state index contributed by atoms with van der Waals surface area (Å²) in [7, 11) is 0. The Morgan fingerprint density at radius 2 is 1.86 bits per heavy atom. The van der Waals surface area contributed by atoms with Gasteiger partial charge in [0.2, 0.25) is 0 Å². The molecular weight excluding hydrogens is 475 g/mol. The highest BCUT2D eigenvalue weighted by Crippen LogP contribution is 2.37. The van der Waals surface area contributed by atoms with Crippen molar-refractivity contribution in [2.24, 2.45) is 5.92 Å². The van der Waals surface area contributed by atoms with Crippen LogP contribution in [0.3, 0.4) is 0 Å². The minimum Gasteiger partial charge on any atom is -0.490 e. The number of nitrogens with one attached hydrogen (secondary N) is 2. The number of hydrogen-bond donors (Lipinski definition) is 2. The zero-order valence-corrected chi connectivity index (χ0v) is 19.7. The highest BCUT2D eigenvalue weighted by atomic mass is 79.9. The first kappa shape index (κ1) is 22.7. The van der Waals surface area contributed by atoms with E-state index in [9.17, 15) is 0 Å². The van der Waals surface area contributed by atoms with Gasteiger partial charge in [-0.15, -0.1) is 0 Å². The van der Waals surface area contributed by atoms with E-state index >= 15 is 0 Å². The van der Waals surface area contributed by atoms with E-state index in [0.29, 0.717) is 29.0 Å². The lowest BCUT2D eigenvalue weighted by molar-refractivity contribution is 0.267. The van der Waals surface area contributed by atoms with E-state index < -0.39 is 0 Å². The van der Waals surface area contributed by atoms with Crippen LogP contribution in [0.2, 0.25) is 10.0 Å². The summed E-state index contributed by atoms with van der Waals surface area (Å²) < 4.78 is 12.8. The minimum atomic E-state index is 0.378. The van der Waals surface area contributed by atoms with Crippen LogP contribution in [0, 0.1) is 5.92 Å². The maximum absolute atomic E-state index is 6.10. The van der Waals surface area contributed by atoms with Crippen LogP contribution >= 0.6 is 39.1 Å². The summed E-state index contributed by atoms with van der Waals surface area (Å²) in [6.07, 6.45) is 2.48. The molecule has 7 heteroatoms. The summed E-state index contributed by atoms with van der Waals surface area (Å²) in [5.41, 5.74) is 2.11. The predicted molar refractivity (Wildman–Crippen MR) is 123 cm³/mol. The van der Waals surface area contributed by atoms with Crippen molar-refractivity contribution in [3.63, 3.8) is 0 Å². The van der Waals surface area contributed by atoms with Crippen LogP contribution in [0.5, 0.6) is 11.5 Å². The van der Waals surface area contributed by atoms with Gasteiger partial charge in [-0.05, 0) is 96.6 Å². The summed E-state index contributed by atoms with van der Waals surface area (Å²) in [6, 6.07) is 9.63. The molecule has 2 N–H and O–H groups in total. The molecule has 1 fully saturated rings. The number of halogens is 3. The molecule has 1 aliphatic heterocycles. The minimum absolute atomic E-state index is 0.378. The van der Waals surface area contributed by atoms with Gasteiger partial charge < -0.3 is 20.1 Å². The van der Waals surface area contributed by atoms with Crippen LogP contribution in [0.15, 0.2) is 34.8 Å². The van der Waals surface area contributed by atoms with Crippen molar-refractivity contribution in [3.8, 4) is 11.5 Å². The SMILES string of the molecule is CCOc1cc(CNCC2CCNCC2)cc(Br)c1OCc1ccc(Cl)c(Cl)c1. The predicted octanol–water partition coefficient (Wildman–Crippen LogP) is 5.82. The molecule has 0 amide bonds. The molecule has 1 aliphatic rings. The summed E-state index contributed by atoms with van der Waals surface area (Å²) in [5.74, 6) is 2.18. The maximum Gasteiger partial charge on any atom is 0.175 e. The molecule has 4 nitrogen and oxygen atoms in total. The Labute approximate surface area is 191 Å². The van der Waals surface area contributed by atoms with Gasteiger partial charge in [0.15, 0.2) is 11.5 Å². The largest absolute Gasteiger partial charge is 0.490 e. The summed E-state index contributed by atoms with van der Waals surface area (Å²) in [6.45, 7) is 7.01. The fraction of sp³-hybridized carbons (Fsp3) is 0.455. The number of piperidine rings is 1. The molecule has 158 valence electrons. The standard InChI is InChI=1S/C22H27BrCl2N2O2/c1-2-28-21-11-17(13-27-12-15-5-7-26-8-6-15)9-18(23)22(21)29-14-16-3-4-19(24)20(25)10-16/h3-4,9-11,15,26-27H,2,5-8,12-14H2,1H3. The van der Waals surface area contributed by atoms with Crippen LogP contribution in [0.1, 0.15) is 30.9 Å². The molecular formula is C22H27BrCl2N2O2. The average Bonchev–Trinajstić information content (AvgIpc) is 2.71. The highest BCUT2D eigenvalue weighted by molar-refractivity contribution is 9.10. The van der Waals surface area contributed by atoms with E-state index in [1.165, 1.54) is 12.8 Å². The highest BCUT2D eigenvalue weighted by Gasteiger charge is 2.15. The topological polar surface area (TPSA) is 42.5 Å². The molecule has 3 rings (SSSR count). The monoisotopic (exact) mass is 500 g/mol. The quantitative estimate of drug-likeness (QED) is 0.454. The fourth-order valence-corrected chi connectivity index (χ4v) is 4.34. The fourth-order valence-electron chi connectivity index (χ4n) is 3.42. The van der Waals surface area contributed by atoms with E-state index in [1.807, 2.05) is 25.1 Å². The smallest absolute Gasteiger partial charge is 0.175 e. The third kappa shape index (κ3) is 6.76. The molecule has 1 heterocycles. The number of rotatable bonds is 9. The number of ether oxygens (including phenoxy) is 2. The third-order valence-electron chi connectivity index (χ3n) is 4.96. The lowest BCUT2D eigenvalue weighted by Gasteiger charge is -2.23. The van der Waals surface area contributed by atoms with E-state index in [4.69, 9.17) is 32.7 Å². The summed E-state index contributed by atoms with van der Waals surface area (Å²) in [5, 5.41) is 8.05. The normalized spacial score (nSPS) is 14.8. The van der Waals surface area contributed by atoms with Crippen molar-refractivity contribution in [3.05, 3.63) is 56.0 Å². The molecule has 0 bridgehead atoms. The van der Waals surface area contributed by atoms with Gasteiger partial charge >= 0.3 is 0 Å². The zero-order valence-electron chi connectivity index (χ0n) is 16.6. The van der Waals surface area contributed by atoms with Crippen molar-refractivity contribution in [2.45, 2.75) is 32.9 Å². The van der Waals surface area contributed by atoms with Crippen molar-refractivity contribution >= 4 is 39.1 Å². The molecule has 0 saturated carbocycles. The van der Waals surface area contributed by atoms with E-state index in [1.54, 1.807) is 6.07 Å². The van der Waals surface area contributed by atoms with Gasteiger partial charge in [0.05, 0.1) is 21.1 Å². The van der Waals surface area contributed by atoms with E-state index in [2.05, 4.69) is 32.6 Å². The number of hydrogen-bond acceptors (Lipinski definition) is 4. The van der Waals surface area contributed by atoms with Crippen LogP contribution in [0.4, 0.5) is 0 Å². The second-order valence-corrected chi connectivity index (χ2v) is 8.87. The molecule has 0 radical (unpaired) electrons. The Morgan fingerprint density at radius 3 is 2.59 bits per heavy atom. The molecule has 0 aromatic heterocycles. The number of benzene rings is 2. The van der Waals surface area contributed by atoms with Gasteiger partial charge in [0, 0.05) is 6.54 Å². The molecule has 2 aromatic rings. The van der Waals surface area contributed by atoms with Crippen molar-refractivity contribution in [2.75, 3.05) is 26.2 Å². The van der Waals surface area contributed by atoms with Gasteiger partial charge in [-0.3, -0.25) is 0 Å². The molecule has 0 spiro atoms. The molecule has 0 aliphatic carbocycles.